The number of allylic oxidation sites excluding steroid dienone is 1. The molecule has 1 aliphatic heterocycles. The molecule has 1 unspecified atom stereocenters. The van der Waals surface area contributed by atoms with E-state index in [-0.39, 0.29) is 11.7 Å². The van der Waals surface area contributed by atoms with E-state index in [1.165, 1.54) is 42.5 Å². The molecule has 2 atom stereocenters. The highest BCUT2D eigenvalue weighted by Gasteiger charge is 2.47. The summed E-state index contributed by atoms with van der Waals surface area (Å²) in [6, 6.07) is 27.9. The SMILES string of the molecule is O=C(/C=C/[C@H]1C(=O)N(c2ccc(F)cc2)C1c1ccc(OCc2ccccc2)cc1)c1ccc(F)cc1. The van der Waals surface area contributed by atoms with Crippen molar-refractivity contribution < 1.29 is 23.1 Å². The van der Waals surface area contributed by atoms with Crippen molar-refractivity contribution in [3.8, 4) is 5.75 Å². The molecule has 5 rings (SSSR count). The first-order chi connectivity index (χ1) is 18.0. The van der Waals surface area contributed by atoms with E-state index in [1.807, 2.05) is 54.6 Å². The van der Waals surface area contributed by atoms with Crippen LogP contribution in [0, 0.1) is 17.6 Å². The lowest BCUT2D eigenvalue weighted by atomic mass is 9.81. The second-order valence-electron chi connectivity index (χ2n) is 8.73. The van der Waals surface area contributed by atoms with Gasteiger partial charge in [-0.2, -0.15) is 0 Å². The van der Waals surface area contributed by atoms with Gasteiger partial charge in [-0.05, 0) is 77.9 Å². The van der Waals surface area contributed by atoms with E-state index in [1.54, 1.807) is 23.1 Å². The quantitative estimate of drug-likeness (QED) is 0.156. The average Bonchev–Trinajstić information content (AvgIpc) is 2.93. The molecule has 0 aliphatic carbocycles. The van der Waals surface area contributed by atoms with Crippen molar-refractivity contribution >= 4 is 17.4 Å². The number of carbonyl (C=O) groups is 2. The van der Waals surface area contributed by atoms with Gasteiger partial charge >= 0.3 is 0 Å². The molecule has 1 aliphatic rings. The molecular formula is C31H23F2NO3. The van der Waals surface area contributed by atoms with Crippen LogP contribution in [0.1, 0.15) is 27.5 Å². The Morgan fingerprint density at radius 2 is 1.43 bits per heavy atom. The summed E-state index contributed by atoms with van der Waals surface area (Å²) in [5.41, 5.74) is 2.79. The molecule has 184 valence electrons. The first kappa shape index (κ1) is 24.1. The van der Waals surface area contributed by atoms with E-state index in [0.29, 0.717) is 23.6 Å². The highest BCUT2D eigenvalue weighted by Crippen LogP contribution is 2.44. The van der Waals surface area contributed by atoms with Crippen LogP contribution in [0.4, 0.5) is 14.5 Å². The summed E-state index contributed by atoms with van der Waals surface area (Å²) >= 11 is 0. The van der Waals surface area contributed by atoms with E-state index in [2.05, 4.69) is 0 Å². The number of halogens is 2. The van der Waals surface area contributed by atoms with Gasteiger partial charge in [-0.1, -0.05) is 48.5 Å². The number of nitrogens with zero attached hydrogens (tertiary/aromatic N) is 1. The predicted octanol–water partition coefficient (Wildman–Crippen LogP) is 6.69. The Balaban J connectivity index is 1.37. The Bertz CT molecular complexity index is 1420. The third-order valence-corrected chi connectivity index (χ3v) is 6.30. The van der Waals surface area contributed by atoms with Crippen LogP contribution in [0.15, 0.2) is 115 Å². The van der Waals surface area contributed by atoms with Gasteiger partial charge in [0.05, 0.1) is 12.0 Å². The van der Waals surface area contributed by atoms with Crippen molar-refractivity contribution in [3.05, 3.63) is 144 Å². The van der Waals surface area contributed by atoms with Crippen molar-refractivity contribution in [2.24, 2.45) is 5.92 Å². The smallest absolute Gasteiger partial charge is 0.236 e. The summed E-state index contributed by atoms with van der Waals surface area (Å²) in [5, 5.41) is 0. The highest BCUT2D eigenvalue weighted by atomic mass is 19.1. The first-order valence-electron chi connectivity index (χ1n) is 11.8. The van der Waals surface area contributed by atoms with Gasteiger partial charge in [0.15, 0.2) is 5.78 Å². The summed E-state index contributed by atoms with van der Waals surface area (Å²) in [4.78, 5) is 27.3. The fourth-order valence-electron chi connectivity index (χ4n) is 4.35. The molecule has 0 aromatic heterocycles. The summed E-state index contributed by atoms with van der Waals surface area (Å²) in [6.45, 7) is 0.431. The van der Waals surface area contributed by atoms with Crippen molar-refractivity contribution in [2.75, 3.05) is 4.90 Å². The Morgan fingerprint density at radius 1 is 0.811 bits per heavy atom. The maximum absolute atomic E-state index is 13.5. The van der Waals surface area contributed by atoms with Crippen molar-refractivity contribution in [2.45, 2.75) is 12.6 Å². The van der Waals surface area contributed by atoms with Gasteiger partial charge in [0.25, 0.3) is 0 Å². The van der Waals surface area contributed by atoms with Gasteiger partial charge in [0.1, 0.15) is 24.0 Å². The average molecular weight is 496 g/mol. The Morgan fingerprint density at radius 3 is 2.08 bits per heavy atom. The van der Waals surface area contributed by atoms with Crippen LogP contribution >= 0.6 is 0 Å². The zero-order valence-corrected chi connectivity index (χ0v) is 19.8. The van der Waals surface area contributed by atoms with E-state index >= 15 is 0 Å². The number of hydrogen-bond acceptors (Lipinski definition) is 3. The monoisotopic (exact) mass is 495 g/mol. The fraction of sp³-hybridized carbons (Fsp3) is 0.0968. The molecule has 1 amide bonds. The van der Waals surface area contributed by atoms with Gasteiger partial charge in [-0.15, -0.1) is 0 Å². The largest absolute Gasteiger partial charge is 0.489 e. The maximum atomic E-state index is 13.5. The van der Waals surface area contributed by atoms with Crippen LogP contribution in [-0.4, -0.2) is 11.7 Å². The van der Waals surface area contributed by atoms with Crippen LogP contribution in [0.3, 0.4) is 0 Å². The summed E-state index contributed by atoms with van der Waals surface area (Å²) in [5.74, 6) is -1.26. The number of ether oxygens (including phenoxy) is 1. The second-order valence-corrected chi connectivity index (χ2v) is 8.73. The predicted molar refractivity (Wildman–Crippen MR) is 137 cm³/mol. The zero-order chi connectivity index (χ0) is 25.8. The minimum absolute atomic E-state index is 0.204. The van der Waals surface area contributed by atoms with Crippen LogP contribution < -0.4 is 9.64 Å². The number of ketones is 1. The Hall–Kier alpha value is -4.58. The van der Waals surface area contributed by atoms with Crippen molar-refractivity contribution in [1.29, 1.82) is 0 Å². The number of amides is 1. The highest BCUT2D eigenvalue weighted by molar-refractivity contribution is 6.07. The standard InChI is InChI=1S/C31H23F2NO3/c32-24-10-6-22(7-11-24)29(35)19-18-28-30(34(31(28)36)26-14-12-25(33)13-15-26)23-8-16-27(17-9-23)37-20-21-4-2-1-3-5-21/h1-19,28,30H,20H2/b19-18+/t28-,30?/m1/s1. The Labute approximate surface area is 213 Å². The molecule has 6 heteroatoms. The van der Waals surface area contributed by atoms with Crippen molar-refractivity contribution in [3.63, 3.8) is 0 Å². The van der Waals surface area contributed by atoms with Crippen LogP contribution in [-0.2, 0) is 11.4 Å². The molecule has 4 aromatic carbocycles. The third-order valence-electron chi connectivity index (χ3n) is 6.30. The number of benzene rings is 4. The van der Waals surface area contributed by atoms with Gasteiger partial charge in [-0.3, -0.25) is 9.59 Å². The molecule has 37 heavy (non-hydrogen) atoms. The van der Waals surface area contributed by atoms with E-state index < -0.39 is 23.6 Å². The number of hydrogen-bond donors (Lipinski definition) is 0. The van der Waals surface area contributed by atoms with Crippen LogP contribution in [0.5, 0.6) is 5.75 Å². The lowest BCUT2D eigenvalue weighted by Gasteiger charge is -2.46. The van der Waals surface area contributed by atoms with E-state index in [9.17, 15) is 18.4 Å². The Kier molecular flexibility index (Phi) is 6.90. The number of β-lactam (4-membered cyclic amide) rings is 1. The topological polar surface area (TPSA) is 46.6 Å². The minimum Gasteiger partial charge on any atom is -0.489 e. The normalized spacial score (nSPS) is 17.0. The van der Waals surface area contributed by atoms with E-state index in [4.69, 9.17) is 4.74 Å². The molecule has 0 radical (unpaired) electrons. The molecule has 0 bridgehead atoms. The van der Waals surface area contributed by atoms with Crippen LogP contribution in [0.25, 0.3) is 0 Å². The summed E-state index contributed by atoms with van der Waals surface area (Å²) in [7, 11) is 0. The lowest BCUT2D eigenvalue weighted by Crippen LogP contribution is -2.54. The van der Waals surface area contributed by atoms with Crippen molar-refractivity contribution in [1.82, 2.24) is 0 Å². The zero-order valence-electron chi connectivity index (χ0n) is 19.8. The number of carbonyl (C=O) groups excluding carboxylic acids is 2. The maximum Gasteiger partial charge on any atom is 0.236 e. The molecule has 4 aromatic rings. The molecule has 0 saturated carbocycles. The van der Waals surface area contributed by atoms with Gasteiger partial charge in [-0.25, -0.2) is 8.78 Å². The fourth-order valence-corrected chi connectivity index (χ4v) is 4.35. The van der Waals surface area contributed by atoms with Gasteiger partial charge in [0, 0.05) is 11.3 Å². The van der Waals surface area contributed by atoms with E-state index in [0.717, 1.165) is 11.1 Å². The third kappa shape index (κ3) is 5.33. The molecule has 4 nitrogen and oxygen atoms in total. The second kappa shape index (κ2) is 10.6. The lowest BCUT2D eigenvalue weighted by molar-refractivity contribution is -0.128. The molecule has 0 N–H and O–H groups in total. The molecule has 1 fully saturated rings. The summed E-state index contributed by atoms with van der Waals surface area (Å²) in [6.07, 6.45) is 2.93. The first-order valence-corrected chi connectivity index (χ1v) is 11.8. The molecule has 1 heterocycles. The molecular weight excluding hydrogens is 472 g/mol. The summed E-state index contributed by atoms with van der Waals surface area (Å²) < 4.78 is 32.6. The van der Waals surface area contributed by atoms with Crippen LogP contribution in [0.2, 0.25) is 0 Å². The van der Waals surface area contributed by atoms with Gasteiger partial charge in [0.2, 0.25) is 5.91 Å². The molecule has 1 saturated heterocycles. The minimum atomic E-state index is -0.592. The number of rotatable bonds is 8. The number of anilines is 1. The van der Waals surface area contributed by atoms with Gasteiger partial charge < -0.3 is 9.64 Å². The molecule has 0 spiro atoms.